The summed E-state index contributed by atoms with van der Waals surface area (Å²) in [6.07, 6.45) is 1.60. The highest BCUT2D eigenvalue weighted by atomic mass is 16.5. The van der Waals surface area contributed by atoms with E-state index in [9.17, 15) is 4.79 Å². The largest absolute Gasteiger partial charge is 0.490 e. The minimum atomic E-state index is -0.208. The summed E-state index contributed by atoms with van der Waals surface area (Å²) in [6, 6.07) is 13.2. The van der Waals surface area contributed by atoms with Crippen LogP contribution in [0.2, 0.25) is 0 Å². The molecule has 2 aromatic heterocycles. The zero-order chi connectivity index (χ0) is 21.1. The molecule has 0 saturated heterocycles. The van der Waals surface area contributed by atoms with Crippen LogP contribution in [0.25, 0.3) is 11.4 Å². The smallest absolute Gasteiger partial charge is 0.277 e. The number of carbonyl (C=O) groups is 1. The van der Waals surface area contributed by atoms with Gasteiger partial charge in [0.2, 0.25) is 0 Å². The molecule has 3 aromatic rings. The molecule has 2 N–H and O–H groups in total. The zero-order valence-corrected chi connectivity index (χ0v) is 17.2. The second-order valence-corrected chi connectivity index (χ2v) is 7.56. The first-order valence-electron chi connectivity index (χ1n) is 10.2. The van der Waals surface area contributed by atoms with Gasteiger partial charge >= 0.3 is 0 Å². The summed E-state index contributed by atoms with van der Waals surface area (Å²) in [6.45, 7) is 5.97. The lowest BCUT2D eigenvalue weighted by atomic mass is 9.99. The molecule has 0 unspecified atom stereocenters. The van der Waals surface area contributed by atoms with Gasteiger partial charge in [0.05, 0.1) is 12.6 Å². The molecule has 4 rings (SSSR count). The Bertz CT molecular complexity index is 1020. The fraction of sp³-hybridized carbons (Fsp3) is 0.364. The van der Waals surface area contributed by atoms with Crippen molar-refractivity contribution in [2.24, 2.45) is 11.7 Å². The Morgan fingerprint density at radius 2 is 2.00 bits per heavy atom. The minimum Gasteiger partial charge on any atom is -0.490 e. The average Bonchev–Trinajstić information content (AvgIpc) is 3.21. The number of nitrogens with zero attached hydrogens (tertiary/aromatic N) is 5. The number of nitrogens with two attached hydrogens (primary N) is 1. The maximum atomic E-state index is 13.5. The van der Waals surface area contributed by atoms with Crippen molar-refractivity contribution >= 4 is 5.91 Å². The molecular formula is C22H26N6O2. The molecule has 8 heteroatoms. The molecule has 3 heterocycles. The first kappa shape index (κ1) is 20.0. The van der Waals surface area contributed by atoms with Gasteiger partial charge in [-0.15, -0.1) is 0 Å². The summed E-state index contributed by atoms with van der Waals surface area (Å²) in [5.74, 6) is 1.90. The van der Waals surface area contributed by atoms with Gasteiger partial charge in [-0.05, 0) is 18.1 Å². The predicted octanol–water partition coefficient (Wildman–Crippen LogP) is 2.53. The lowest BCUT2D eigenvalue weighted by molar-refractivity contribution is 0.0526. The van der Waals surface area contributed by atoms with Crippen LogP contribution in [0.3, 0.4) is 0 Å². The molecule has 1 aliphatic rings. The molecule has 0 radical (unpaired) electrons. The van der Waals surface area contributed by atoms with Gasteiger partial charge in [0.25, 0.3) is 5.91 Å². The number of amides is 1. The van der Waals surface area contributed by atoms with Gasteiger partial charge in [0.1, 0.15) is 6.61 Å². The number of hydrogen-bond acceptors (Lipinski definition) is 6. The number of ether oxygens (including phenoxy) is 1. The summed E-state index contributed by atoms with van der Waals surface area (Å²) in [5, 5.41) is 4.69. The number of carbonyl (C=O) groups excluding carboxylic acids is 1. The van der Waals surface area contributed by atoms with Crippen LogP contribution in [0.5, 0.6) is 5.75 Å². The highest BCUT2D eigenvalue weighted by molar-refractivity contribution is 5.95. The van der Waals surface area contributed by atoms with Gasteiger partial charge in [-0.25, -0.2) is 14.6 Å². The van der Waals surface area contributed by atoms with E-state index in [1.165, 1.54) is 0 Å². The molecule has 0 saturated carbocycles. The number of hydrogen-bond donors (Lipinski definition) is 1. The van der Waals surface area contributed by atoms with Gasteiger partial charge in [0.15, 0.2) is 23.1 Å². The number of rotatable bonds is 6. The van der Waals surface area contributed by atoms with Crippen molar-refractivity contribution in [1.82, 2.24) is 24.6 Å². The molecule has 1 amide bonds. The third kappa shape index (κ3) is 3.78. The zero-order valence-electron chi connectivity index (χ0n) is 17.2. The molecule has 1 aromatic carbocycles. The molecule has 1 aliphatic heterocycles. The fourth-order valence-electron chi connectivity index (χ4n) is 3.79. The van der Waals surface area contributed by atoms with E-state index >= 15 is 0 Å². The SMILES string of the molecule is CC(C)[C@H]1c2nc(-c3ccccc3)nn2CCN1C(=O)c1ncccc1OCCN. The van der Waals surface area contributed by atoms with Crippen LogP contribution in [-0.2, 0) is 6.54 Å². The van der Waals surface area contributed by atoms with Gasteiger partial charge in [-0.1, -0.05) is 44.2 Å². The van der Waals surface area contributed by atoms with Crippen molar-refractivity contribution in [3.63, 3.8) is 0 Å². The Morgan fingerprint density at radius 3 is 2.73 bits per heavy atom. The maximum Gasteiger partial charge on any atom is 0.277 e. The van der Waals surface area contributed by atoms with Gasteiger partial charge in [-0.2, -0.15) is 5.10 Å². The predicted molar refractivity (Wildman–Crippen MR) is 113 cm³/mol. The third-order valence-electron chi connectivity index (χ3n) is 5.13. The molecule has 30 heavy (non-hydrogen) atoms. The Kier molecular flexibility index (Phi) is 5.76. The lowest BCUT2D eigenvalue weighted by Gasteiger charge is -2.37. The van der Waals surface area contributed by atoms with E-state index in [1.54, 1.807) is 18.3 Å². The molecule has 0 bridgehead atoms. The number of aromatic nitrogens is 4. The minimum absolute atomic E-state index is 0.151. The van der Waals surface area contributed by atoms with Crippen LogP contribution in [0, 0.1) is 5.92 Å². The van der Waals surface area contributed by atoms with Crippen molar-refractivity contribution in [3.05, 3.63) is 60.2 Å². The highest BCUT2D eigenvalue weighted by Gasteiger charge is 2.37. The Labute approximate surface area is 175 Å². The third-order valence-corrected chi connectivity index (χ3v) is 5.13. The Morgan fingerprint density at radius 1 is 1.20 bits per heavy atom. The summed E-state index contributed by atoms with van der Waals surface area (Å²) in [5.41, 5.74) is 6.81. The standard InChI is InChI=1S/C22H26N6O2/c1-15(2)19-21-25-20(16-7-4-3-5-8-16)26-28(21)13-12-27(19)22(29)18-17(30-14-10-23)9-6-11-24-18/h3-9,11,15,19H,10,12-14,23H2,1-2H3/t19-/m0/s1. The first-order valence-corrected chi connectivity index (χ1v) is 10.2. The van der Waals surface area contributed by atoms with Crippen LogP contribution in [0.15, 0.2) is 48.7 Å². The van der Waals surface area contributed by atoms with Crippen LogP contribution in [0.4, 0.5) is 0 Å². The summed E-state index contributed by atoms with van der Waals surface area (Å²) >= 11 is 0. The average molecular weight is 406 g/mol. The van der Waals surface area contributed by atoms with Crippen LogP contribution in [0.1, 0.15) is 36.2 Å². The van der Waals surface area contributed by atoms with Crippen molar-refractivity contribution in [1.29, 1.82) is 0 Å². The summed E-state index contributed by atoms with van der Waals surface area (Å²) in [7, 11) is 0. The molecule has 156 valence electrons. The molecule has 0 fully saturated rings. The van der Waals surface area contributed by atoms with E-state index in [0.29, 0.717) is 43.5 Å². The second-order valence-electron chi connectivity index (χ2n) is 7.56. The summed E-state index contributed by atoms with van der Waals surface area (Å²) in [4.78, 5) is 24.4. The van der Waals surface area contributed by atoms with E-state index < -0.39 is 0 Å². The van der Waals surface area contributed by atoms with Gasteiger partial charge in [0, 0.05) is 24.8 Å². The number of fused-ring (bicyclic) bond motifs is 1. The van der Waals surface area contributed by atoms with E-state index in [1.807, 2.05) is 39.9 Å². The van der Waals surface area contributed by atoms with E-state index in [-0.39, 0.29) is 17.9 Å². The maximum absolute atomic E-state index is 13.5. The molecular weight excluding hydrogens is 380 g/mol. The van der Waals surface area contributed by atoms with Crippen molar-refractivity contribution in [2.75, 3.05) is 19.7 Å². The molecule has 1 atom stereocenters. The molecule has 8 nitrogen and oxygen atoms in total. The lowest BCUT2D eigenvalue weighted by Crippen LogP contribution is -2.45. The van der Waals surface area contributed by atoms with Crippen LogP contribution >= 0.6 is 0 Å². The first-order chi connectivity index (χ1) is 14.6. The van der Waals surface area contributed by atoms with Gasteiger partial charge < -0.3 is 15.4 Å². The van der Waals surface area contributed by atoms with Crippen molar-refractivity contribution in [2.45, 2.75) is 26.4 Å². The monoisotopic (exact) mass is 406 g/mol. The van der Waals surface area contributed by atoms with E-state index in [0.717, 1.165) is 11.4 Å². The van der Waals surface area contributed by atoms with Crippen molar-refractivity contribution < 1.29 is 9.53 Å². The quantitative estimate of drug-likeness (QED) is 0.675. The number of benzene rings is 1. The summed E-state index contributed by atoms with van der Waals surface area (Å²) < 4.78 is 7.57. The van der Waals surface area contributed by atoms with E-state index in [4.69, 9.17) is 20.6 Å². The normalized spacial score (nSPS) is 15.9. The van der Waals surface area contributed by atoms with Gasteiger partial charge in [-0.3, -0.25) is 4.79 Å². The Hall–Kier alpha value is -3.26. The fourth-order valence-corrected chi connectivity index (χ4v) is 3.79. The van der Waals surface area contributed by atoms with E-state index in [2.05, 4.69) is 18.8 Å². The molecule has 0 aliphatic carbocycles. The van der Waals surface area contributed by atoms with Crippen LogP contribution in [-0.4, -0.2) is 50.3 Å². The Balaban J connectivity index is 1.68. The molecule has 0 spiro atoms. The van der Waals surface area contributed by atoms with Crippen molar-refractivity contribution in [3.8, 4) is 17.1 Å². The second kappa shape index (κ2) is 8.62. The topological polar surface area (TPSA) is 99.2 Å². The van der Waals surface area contributed by atoms with Crippen LogP contribution < -0.4 is 10.5 Å². The highest BCUT2D eigenvalue weighted by Crippen LogP contribution is 2.34. The number of pyridine rings is 1.